The van der Waals surface area contributed by atoms with Crippen LogP contribution in [0.5, 0.6) is 0 Å². The van der Waals surface area contributed by atoms with Crippen molar-refractivity contribution >= 4 is 28.3 Å². The van der Waals surface area contributed by atoms with Crippen LogP contribution in [0.25, 0.3) is 0 Å². The van der Waals surface area contributed by atoms with Crippen LogP contribution in [-0.2, 0) is 6.18 Å². The van der Waals surface area contributed by atoms with Crippen LogP contribution < -0.4 is 5.32 Å². The first-order chi connectivity index (χ1) is 10.3. The van der Waals surface area contributed by atoms with Crippen LogP contribution in [0.1, 0.15) is 23.6 Å². The van der Waals surface area contributed by atoms with Crippen molar-refractivity contribution in [1.82, 2.24) is 10.2 Å². The molecule has 0 saturated carbocycles. The van der Waals surface area contributed by atoms with E-state index in [4.69, 9.17) is 0 Å². The summed E-state index contributed by atoms with van der Waals surface area (Å²) in [6, 6.07) is 2.70. The molecule has 0 aromatic heterocycles. The van der Waals surface area contributed by atoms with Crippen molar-refractivity contribution in [3.63, 3.8) is 0 Å². The van der Waals surface area contributed by atoms with Gasteiger partial charge < -0.3 is 5.32 Å². The topological polar surface area (TPSA) is 15.3 Å². The van der Waals surface area contributed by atoms with Gasteiger partial charge in [-0.15, -0.1) is 12.4 Å². The van der Waals surface area contributed by atoms with E-state index in [0.29, 0.717) is 26.2 Å². The second-order valence-corrected chi connectivity index (χ2v) is 6.12. The molecule has 1 aromatic rings. The van der Waals surface area contributed by atoms with Gasteiger partial charge in [0.25, 0.3) is 0 Å². The molecule has 1 atom stereocenters. The number of hydrogen-bond acceptors (Lipinski definition) is 2. The summed E-state index contributed by atoms with van der Waals surface area (Å²) in [6.45, 7) is 2.34. The molecule has 0 aliphatic carbocycles. The maximum atomic E-state index is 12.9. The maximum Gasteiger partial charge on any atom is 0.416 e. The lowest BCUT2D eigenvalue weighted by atomic mass is 9.99. The minimum Gasteiger partial charge on any atom is -0.314 e. The van der Waals surface area contributed by atoms with Gasteiger partial charge in [-0.25, -0.2) is 8.78 Å². The molecular weight excluding hydrogens is 407 g/mol. The van der Waals surface area contributed by atoms with Gasteiger partial charge in [-0.05, 0) is 23.8 Å². The largest absolute Gasteiger partial charge is 0.416 e. The van der Waals surface area contributed by atoms with Gasteiger partial charge in [0, 0.05) is 43.1 Å². The fourth-order valence-corrected chi connectivity index (χ4v) is 3.14. The first-order valence-electron chi connectivity index (χ1n) is 6.88. The van der Waals surface area contributed by atoms with Crippen molar-refractivity contribution in [1.29, 1.82) is 0 Å². The number of rotatable bonds is 4. The van der Waals surface area contributed by atoms with E-state index in [9.17, 15) is 22.0 Å². The molecular formula is C14H17BrClF5N2. The molecule has 1 aliphatic heterocycles. The first kappa shape index (κ1) is 20.6. The molecule has 1 N–H and O–H groups in total. The van der Waals surface area contributed by atoms with Crippen molar-refractivity contribution in [2.45, 2.75) is 25.1 Å². The highest BCUT2D eigenvalue weighted by Crippen LogP contribution is 2.36. The van der Waals surface area contributed by atoms with E-state index >= 15 is 0 Å². The van der Waals surface area contributed by atoms with Gasteiger partial charge in [0.2, 0.25) is 6.43 Å². The first-order valence-corrected chi connectivity index (χ1v) is 7.67. The SMILES string of the molecule is Cl.FC(F)C[C@@H](c1cc(Br)cc(C(F)(F)F)c1)N1CCNCC1. The summed E-state index contributed by atoms with van der Waals surface area (Å²) >= 11 is 3.05. The number of hydrogen-bond donors (Lipinski definition) is 1. The lowest BCUT2D eigenvalue weighted by Gasteiger charge is -2.35. The molecule has 9 heteroatoms. The zero-order valence-electron chi connectivity index (χ0n) is 12.0. The Morgan fingerprint density at radius 2 is 1.74 bits per heavy atom. The van der Waals surface area contributed by atoms with E-state index in [2.05, 4.69) is 21.2 Å². The fourth-order valence-electron chi connectivity index (χ4n) is 2.63. The van der Waals surface area contributed by atoms with Crippen LogP contribution >= 0.6 is 28.3 Å². The third-order valence-corrected chi connectivity index (χ3v) is 4.08. The third kappa shape index (κ3) is 5.85. The Balaban J connectivity index is 0.00000264. The Morgan fingerprint density at radius 3 is 2.26 bits per heavy atom. The average molecular weight is 424 g/mol. The number of nitrogens with one attached hydrogen (secondary N) is 1. The maximum absolute atomic E-state index is 12.9. The van der Waals surface area contributed by atoms with Crippen molar-refractivity contribution in [3.8, 4) is 0 Å². The standard InChI is InChI=1S/C14H16BrF5N2.ClH/c15-11-6-9(5-10(7-11)14(18,19)20)12(8-13(16)17)22-3-1-21-2-4-22;/h5-7,12-13,21H,1-4,8H2;1H/t12-;/m0./s1. The Morgan fingerprint density at radius 1 is 1.13 bits per heavy atom. The molecule has 0 bridgehead atoms. The van der Waals surface area contributed by atoms with Gasteiger partial charge in [0.15, 0.2) is 0 Å². The Hall–Kier alpha value is -0.440. The quantitative estimate of drug-likeness (QED) is 0.718. The smallest absolute Gasteiger partial charge is 0.314 e. The van der Waals surface area contributed by atoms with Crippen LogP contribution in [0.3, 0.4) is 0 Å². The van der Waals surface area contributed by atoms with Gasteiger partial charge >= 0.3 is 6.18 Å². The summed E-state index contributed by atoms with van der Waals surface area (Å²) in [6.07, 6.45) is -7.56. The molecule has 1 saturated heterocycles. The minimum atomic E-state index is -4.50. The minimum absolute atomic E-state index is 0. The number of benzene rings is 1. The van der Waals surface area contributed by atoms with Crippen LogP contribution in [-0.4, -0.2) is 37.5 Å². The molecule has 2 rings (SSSR count). The second-order valence-electron chi connectivity index (χ2n) is 5.20. The summed E-state index contributed by atoms with van der Waals surface area (Å²) in [4.78, 5) is 1.81. The highest BCUT2D eigenvalue weighted by molar-refractivity contribution is 9.10. The Bertz CT molecular complexity index is 506. The molecule has 0 spiro atoms. The summed E-state index contributed by atoms with van der Waals surface area (Å²) in [5.41, 5.74) is -0.560. The van der Waals surface area contributed by atoms with E-state index in [-0.39, 0.29) is 22.4 Å². The van der Waals surface area contributed by atoms with Gasteiger partial charge in [0.1, 0.15) is 0 Å². The third-order valence-electron chi connectivity index (χ3n) is 3.63. The average Bonchev–Trinajstić information content (AvgIpc) is 2.44. The molecule has 0 amide bonds. The summed E-state index contributed by atoms with van der Waals surface area (Å²) in [5.74, 6) is 0. The van der Waals surface area contributed by atoms with Crippen LogP contribution in [0.2, 0.25) is 0 Å². The van der Waals surface area contributed by atoms with Crippen molar-refractivity contribution in [3.05, 3.63) is 33.8 Å². The fraction of sp³-hybridized carbons (Fsp3) is 0.571. The molecule has 1 fully saturated rings. The van der Waals surface area contributed by atoms with E-state index in [1.807, 2.05) is 4.90 Å². The molecule has 2 nitrogen and oxygen atoms in total. The Kier molecular flexibility index (Phi) is 7.70. The highest BCUT2D eigenvalue weighted by Gasteiger charge is 2.33. The number of piperazine rings is 1. The van der Waals surface area contributed by atoms with Gasteiger partial charge in [-0.1, -0.05) is 15.9 Å². The van der Waals surface area contributed by atoms with E-state index in [1.54, 1.807) is 0 Å². The monoisotopic (exact) mass is 422 g/mol. The molecule has 0 unspecified atom stereocenters. The molecule has 0 radical (unpaired) electrons. The van der Waals surface area contributed by atoms with Crippen LogP contribution in [0, 0.1) is 0 Å². The molecule has 132 valence electrons. The zero-order chi connectivity index (χ0) is 16.3. The van der Waals surface area contributed by atoms with Crippen molar-refractivity contribution in [2.75, 3.05) is 26.2 Å². The molecule has 1 aliphatic rings. The van der Waals surface area contributed by atoms with Gasteiger partial charge in [-0.3, -0.25) is 4.90 Å². The van der Waals surface area contributed by atoms with E-state index in [1.165, 1.54) is 6.07 Å². The lowest BCUT2D eigenvalue weighted by molar-refractivity contribution is -0.137. The normalized spacial score (nSPS) is 17.9. The number of alkyl halides is 5. The molecule has 1 aromatic carbocycles. The Labute approximate surface area is 146 Å². The van der Waals surface area contributed by atoms with Crippen molar-refractivity contribution < 1.29 is 22.0 Å². The molecule has 1 heterocycles. The lowest BCUT2D eigenvalue weighted by Crippen LogP contribution is -2.45. The number of nitrogens with zero attached hydrogens (tertiary/aromatic N) is 1. The molecule has 23 heavy (non-hydrogen) atoms. The second kappa shape index (κ2) is 8.60. The highest BCUT2D eigenvalue weighted by atomic mass is 79.9. The van der Waals surface area contributed by atoms with Crippen LogP contribution in [0.15, 0.2) is 22.7 Å². The predicted octanol–water partition coefficient (Wildman–Crippen LogP) is 4.49. The summed E-state index contributed by atoms with van der Waals surface area (Å²) in [7, 11) is 0. The van der Waals surface area contributed by atoms with Crippen molar-refractivity contribution in [2.24, 2.45) is 0 Å². The van der Waals surface area contributed by atoms with Gasteiger partial charge in [0.05, 0.1) is 5.56 Å². The van der Waals surface area contributed by atoms with E-state index < -0.39 is 30.6 Å². The van der Waals surface area contributed by atoms with Crippen LogP contribution in [0.4, 0.5) is 22.0 Å². The van der Waals surface area contributed by atoms with Gasteiger partial charge in [-0.2, -0.15) is 13.2 Å². The number of halogens is 7. The van der Waals surface area contributed by atoms with E-state index in [0.717, 1.165) is 12.1 Å². The predicted molar refractivity (Wildman–Crippen MR) is 84.2 cm³/mol. The zero-order valence-corrected chi connectivity index (χ0v) is 14.4. The summed E-state index contributed by atoms with van der Waals surface area (Å²) in [5, 5.41) is 3.10. The summed E-state index contributed by atoms with van der Waals surface area (Å²) < 4.78 is 64.8.